The normalized spacial score (nSPS) is 23.3. The monoisotopic (exact) mass is 370 g/mol. The highest BCUT2D eigenvalue weighted by Crippen LogP contribution is 2.31. The summed E-state index contributed by atoms with van der Waals surface area (Å²) in [5.41, 5.74) is 6.32. The summed E-state index contributed by atoms with van der Waals surface area (Å²) < 4.78 is 11.6. The smallest absolute Gasteiger partial charge is 0.224 e. The molecule has 2 aliphatic rings. The van der Waals surface area contributed by atoms with Gasteiger partial charge in [0.2, 0.25) is 11.8 Å². The van der Waals surface area contributed by atoms with Crippen LogP contribution in [0, 0.1) is 11.8 Å². The molecular weight excluding hydrogens is 344 g/mol. The Kier molecular flexibility index (Phi) is 5.38. The Morgan fingerprint density at radius 1 is 1.26 bits per heavy atom. The third-order valence-corrected chi connectivity index (χ3v) is 5.59. The van der Waals surface area contributed by atoms with Crippen molar-refractivity contribution in [3.8, 4) is 5.88 Å². The van der Waals surface area contributed by atoms with Crippen molar-refractivity contribution in [3.05, 3.63) is 24.4 Å². The number of fused-ring (bicyclic) bond motifs is 1. The number of carbonyl (C=O) groups excluding carboxylic acids is 1. The fourth-order valence-electron chi connectivity index (χ4n) is 3.91. The fourth-order valence-corrected chi connectivity index (χ4v) is 3.91. The van der Waals surface area contributed by atoms with E-state index in [2.05, 4.69) is 9.88 Å². The molecule has 1 amide bonds. The molecule has 2 N–H and O–H groups in total. The average molecular weight is 370 g/mol. The lowest BCUT2D eigenvalue weighted by Crippen LogP contribution is -2.36. The van der Waals surface area contributed by atoms with Gasteiger partial charge in [0.05, 0.1) is 30.7 Å². The Morgan fingerprint density at radius 2 is 2.04 bits per heavy atom. The third-order valence-electron chi connectivity index (χ3n) is 5.59. The Balaban J connectivity index is 1.49. The summed E-state index contributed by atoms with van der Waals surface area (Å²) in [4.78, 5) is 22.8. The molecule has 0 aromatic carbocycles. The number of rotatable bonds is 5. The zero-order chi connectivity index (χ0) is 18.6. The molecule has 1 saturated carbocycles. The van der Waals surface area contributed by atoms with Crippen molar-refractivity contribution in [3.63, 3.8) is 0 Å². The van der Waals surface area contributed by atoms with E-state index in [1.165, 1.54) is 0 Å². The van der Waals surface area contributed by atoms with Gasteiger partial charge in [-0.25, -0.2) is 0 Å². The lowest BCUT2D eigenvalue weighted by Gasteiger charge is -2.29. The first-order valence-corrected chi connectivity index (χ1v) is 9.71. The van der Waals surface area contributed by atoms with Crippen LogP contribution >= 0.6 is 0 Å². The van der Waals surface area contributed by atoms with Crippen molar-refractivity contribution >= 4 is 22.6 Å². The van der Waals surface area contributed by atoms with Crippen LogP contribution in [0.2, 0.25) is 0 Å². The van der Waals surface area contributed by atoms with Gasteiger partial charge >= 0.3 is 0 Å². The van der Waals surface area contributed by atoms with Crippen molar-refractivity contribution in [2.45, 2.75) is 25.7 Å². The number of ether oxygens (including phenoxy) is 2. The molecule has 2 aromatic heterocycles. The summed E-state index contributed by atoms with van der Waals surface area (Å²) in [6, 6.07) is 5.92. The molecule has 1 aliphatic carbocycles. The molecule has 1 aliphatic heterocycles. The van der Waals surface area contributed by atoms with Crippen LogP contribution in [0.1, 0.15) is 25.7 Å². The summed E-state index contributed by atoms with van der Waals surface area (Å²) in [5.74, 6) is 1.80. The standard InChI is InChI=1S/C20H26N4O3/c21-19(25)15-5-3-14(4-6-15)13-27-20-16-2-1-7-22-17(16)12-18(23-20)24-8-10-26-11-9-24/h1-2,7,12,14-15H,3-6,8-11,13H2,(H2,21,25)/t14-,15-. The molecule has 2 aromatic rings. The van der Waals surface area contributed by atoms with Gasteiger partial charge < -0.3 is 20.1 Å². The quantitative estimate of drug-likeness (QED) is 0.867. The Bertz CT molecular complexity index is 799. The molecule has 3 heterocycles. The van der Waals surface area contributed by atoms with Crippen molar-refractivity contribution in [2.75, 3.05) is 37.8 Å². The van der Waals surface area contributed by atoms with E-state index in [0.717, 1.165) is 55.5 Å². The minimum Gasteiger partial charge on any atom is -0.477 e. The molecule has 0 spiro atoms. The maximum Gasteiger partial charge on any atom is 0.224 e. The molecule has 0 atom stereocenters. The van der Waals surface area contributed by atoms with Crippen molar-refractivity contribution < 1.29 is 14.3 Å². The van der Waals surface area contributed by atoms with Gasteiger partial charge in [0.15, 0.2) is 0 Å². The maximum atomic E-state index is 11.3. The second-order valence-corrected chi connectivity index (χ2v) is 7.39. The predicted octanol–water partition coefficient (Wildman–Crippen LogP) is 2.14. The van der Waals surface area contributed by atoms with Gasteiger partial charge in [0.1, 0.15) is 5.82 Å². The highest BCUT2D eigenvalue weighted by molar-refractivity contribution is 5.85. The van der Waals surface area contributed by atoms with Gasteiger partial charge in [-0.2, -0.15) is 4.98 Å². The van der Waals surface area contributed by atoms with E-state index < -0.39 is 0 Å². The Morgan fingerprint density at radius 3 is 2.78 bits per heavy atom. The molecular formula is C20H26N4O3. The summed E-state index contributed by atoms with van der Waals surface area (Å²) in [6.45, 7) is 3.67. The number of amides is 1. The van der Waals surface area contributed by atoms with Gasteiger partial charge in [-0.05, 0) is 43.7 Å². The summed E-state index contributed by atoms with van der Waals surface area (Å²) in [7, 11) is 0. The second kappa shape index (κ2) is 8.08. The van der Waals surface area contributed by atoms with Gasteiger partial charge in [0, 0.05) is 31.3 Å². The minimum absolute atomic E-state index is 0.0223. The molecule has 1 saturated heterocycles. The van der Waals surface area contributed by atoms with Gasteiger partial charge in [-0.3, -0.25) is 9.78 Å². The number of nitrogens with zero attached hydrogens (tertiary/aromatic N) is 3. The average Bonchev–Trinajstić information content (AvgIpc) is 2.72. The highest BCUT2D eigenvalue weighted by atomic mass is 16.5. The lowest BCUT2D eigenvalue weighted by atomic mass is 9.82. The third kappa shape index (κ3) is 4.13. The molecule has 2 fully saturated rings. The summed E-state index contributed by atoms with van der Waals surface area (Å²) in [5, 5.41) is 0.931. The maximum absolute atomic E-state index is 11.3. The number of carbonyl (C=O) groups is 1. The second-order valence-electron chi connectivity index (χ2n) is 7.39. The molecule has 27 heavy (non-hydrogen) atoms. The van der Waals surface area contributed by atoms with E-state index >= 15 is 0 Å². The molecule has 7 heteroatoms. The molecule has 144 valence electrons. The Hall–Kier alpha value is -2.41. The van der Waals surface area contributed by atoms with Crippen LogP contribution in [0.5, 0.6) is 5.88 Å². The summed E-state index contributed by atoms with van der Waals surface area (Å²) >= 11 is 0. The SMILES string of the molecule is NC(=O)[C@H]1CC[C@H](COc2nc(N3CCOCC3)cc3ncccc23)CC1. The molecule has 0 bridgehead atoms. The number of morpholine rings is 1. The van der Waals surface area contributed by atoms with Crippen molar-refractivity contribution in [1.29, 1.82) is 0 Å². The van der Waals surface area contributed by atoms with Crippen LogP contribution in [-0.2, 0) is 9.53 Å². The number of hydrogen-bond donors (Lipinski definition) is 1. The highest BCUT2D eigenvalue weighted by Gasteiger charge is 2.25. The lowest BCUT2D eigenvalue weighted by molar-refractivity contribution is -0.123. The van der Waals surface area contributed by atoms with Crippen molar-refractivity contribution in [1.82, 2.24) is 9.97 Å². The van der Waals surface area contributed by atoms with Gasteiger partial charge in [-0.1, -0.05) is 0 Å². The number of nitrogens with two attached hydrogens (primary N) is 1. The minimum atomic E-state index is -0.175. The first-order valence-electron chi connectivity index (χ1n) is 9.71. The topological polar surface area (TPSA) is 90.6 Å². The van der Waals surface area contributed by atoms with E-state index in [0.29, 0.717) is 31.6 Å². The first kappa shape index (κ1) is 18.0. The molecule has 7 nitrogen and oxygen atoms in total. The van der Waals surface area contributed by atoms with Crippen LogP contribution in [0.15, 0.2) is 24.4 Å². The van der Waals surface area contributed by atoms with Crippen LogP contribution in [0.4, 0.5) is 5.82 Å². The fraction of sp³-hybridized carbons (Fsp3) is 0.550. The zero-order valence-corrected chi connectivity index (χ0v) is 15.5. The van der Waals surface area contributed by atoms with E-state index in [4.69, 9.17) is 20.2 Å². The van der Waals surface area contributed by atoms with Gasteiger partial charge in [-0.15, -0.1) is 0 Å². The molecule has 0 unspecified atom stereocenters. The predicted molar refractivity (Wildman–Crippen MR) is 103 cm³/mol. The molecule has 0 radical (unpaired) electrons. The number of anilines is 1. The number of pyridine rings is 2. The number of hydrogen-bond acceptors (Lipinski definition) is 6. The number of primary amides is 1. The Labute approximate surface area is 158 Å². The van der Waals surface area contributed by atoms with Crippen LogP contribution in [0.25, 0.3) is 10.9 Å². The first-order chi connectivity index (χ1) is 13.2. The number of aromatic nitrogens is 2. The van der Waals surface area contributed by atoms with E-state index in [-0.39, 0.29) is 11.8 Å². The van der Waals surface area contributed by atoms with Crippen LogP contribution in [0.3, 0.4) is 0 Å². The zero-order valence-electron chi connectivity index (χ0n) is 15.5. The van der Waals surface area contributed by atoms with Crippen LogP contribution < -0.4 is 15.4 Å². The van der Waals surface area contributed by atoms with E-state index in [9.17, 15) is 4.79 Å². The van der Waals surface area contributed by atoms with Crippen LogP contribution in [-0.4, -0.2) is 48.8 Å². The summed E-state index contributed by atoms with van der Waals surface area (Å²) in [6.07, 6.45) is 5.43. The molecule has 4 rings (SSSR count). The van der Waals surface area contributed by atoms with Gasteiger partial charge in [0.25, 0.3) is 0 Å². The van der Waals surface area contributed by atoms with E-state index in [1.54, 1.807) is 6.20 Å². The van der Waals surface area contributed by atoms with E-state index in [1.807, 2.05) is 18.2 Å². The van der Waals surface area contributed by atoms with Crippen molar-refractivity contribution in [2.24, 2.45) is 17.6 Å². The largest absolute Gasteiger partial charge is 0.477 e.